The van der Waals surface area contributed by atoms with Gasteiger partial charge < -0.3 is 29.2 Å². The van der Waals surface area contributed by atoms with Crippen molar-refractivity contribution in [3.63, 3.8) is 0 Å². The Morgan fingerprint density at radius 3 is 2.33 bits per heavy atom. The zero-order valence-electron chi connectivity index (χ0n) is 14.5. The summed E-state index contributed by atoms with van der Waals surface area (Å²) in [6.07, 6.45) is -0.603. The van der Waals surface area contributed by atoms with Crippen molar-refractivity contribution in [3.8, 4) is 5.75 Å². The zero-order chi connectivity index (χ0) is 18.2. The van der Waals surface area contributed by atoms with Gasteiger partial charge in [0.05, 0.1) is 19.8 Å². The van der Waals surface area contributed by atoms with Crippen LogP contribution in [0.3, 0.4) is 0 Å². The number of rotatable bonds is 8. The fourth-order valence-corrected chi connectivity index (χ4v) is 1.28. The molecule has 0 spiro atoms. The molecule has 7 heteroatoms. The van der Waals surface area contributed by atoms with Crippen LogP contribution >= 0.6 is 0 Å². The molecule has 0 aromatic heterocycles. The van der Waals surface area contributed by atoms with E-state index in [0.29, 0.717) is 12.4 Å². The summed E-state index contributed by atoms with van der Waals surface area (Å²) in [4.78, 5) is 10.4. The molecule has 0 radical (unpaired) electrons. The molecule has 1 heterocycles. The van der Waals surface area contributed by atoms with E-state index in [1.54, 1.807) is 24.3 Å². The van der Waals surface area contributed by atoms with Crippen molar-refractivity contribution in [1.82, 2.24) is 0 Å². The van der Waals surface area contributed by atoms with E-state index >= 15 is 0 Å². The molecular formula is C17H28O7. The Morgan fingerprint density at radius 1 is 1.25 bits per heavy atom. The molecular weight excluding hydrogens is 316 g/mol. The summed E-state index contributed by atoms with van der Waals surface area (Å²) in [6.45, 7) is 6.68. The summed E-state index contributed by atoms with van der Waals surface area (Å²) in [5.41, 5.74) is 0. The number of benzene rings is 1. The van der Waals surface area contributed by atoms with Gasteiger partial charge in [0.1, 0.15) is 31.4 Å². The number of aromatic hydroxyl groups is 1. The van der Waals surface area contributed by atoms with Crippen LogP contribution in [0.1, 0.15) is 20.8 Å². The minimum Gasteiger partial charge on any atom is -0.508 e. The quantitative estimate of drug-likeness (QED) is 0.321. The summed E-state index contributed by atoms with van der Waals surface area (Å²) in [6, 6.07) is 8.71. The average Bonchev–Trinajstić information content (AvgIpc) is 3.40. The van der Waals surface area contributed by atoms with Gasteiger partial charge >= 0.3 is 5.97 Å². The highest BCUT2D eigenvalue weighted by Crippen LogP contribution is 2.08. The SMILES string of the molecule is CC.CC(=O)OCC(O)COCOCC1CO1.Oc1ccccc1. The van der Waals surface area contributed by atoms with E-state index < -0.39 is 12.1 Å². The molecule has 2 unspecified atom stereocenters. The number of esters is 1. The first kappa shape index (κ1) is 22.3. The van der Waals surface area contributed by atoms with E-state index in [2.05, 4.69) is 4.74 Å². The van der Waals surface area contributed by atoms with Crippen molar-refractivity contribution < 1.29 is 34.0 Å². The average molecular weight is 344 g/mol. The number of hydrogen-bond donors (Lipinski definition) is 2. The van der Waals surface area contributed by atoms with Crippen LogP contribution in [0.2, 0.25) is 0 Å². The maximum Gasteiger partial charge on any atom is 0.302 e. The lowest BCUT2D eigenvalue weighted by Gasteiger charge is -2.10. The molecule has 0 bridgehead atoms. The summed E-state index contributed by atoms with van der Waals surface area (Å²) < 4.78 is 19.5. The van der Waals surface area contributed by atoms with Crippen molar-refractivity contribution in [1.29, 1.82) is 0 Å². The van der Waals surface area contributed by atoms with Gasteiger partial charge in [0, 0.05) is 6.92 Å². The maximum atomic E-state index is 10.4. The minimum atomic E-state index is -0.810. The predicted molar refractivity (Wildman–Crippen MR) is 88.6 cm³/mol. The van der Waals surface area contributed by atoms with E-state index in [1.807, 2.05) is 19.9 Å². The van der Waals surface area contributed by atoms with Crippen molar-refractivity contribution in [2.24, 2.45) is 0 Å². The number of carbonyl (C=O) groups excluding carboxylic acids is 1. The van der Waals surface area contributed by atoms with E-state index in [0.717, 1.165) is 6.61 Å². The van der Waals surface area contributed by atoms with Crippen LogP contribution in [-0.2, 0) is 23.7 Å². The molecule has 138 valence electrons. The topological polar surface area (TPSA) is 97.8 Å². The van der Waals surface area contributed by atoms with Crippen LogP contribution in [0, 0.1) is 0 Å². The Labute approximate surface area is 143 Å². The lowest BCUT2D eigenvalue weighted by molar-refractivity contribution is -0.146. The number of aliphatic hydroxyl groups excluding tert-OH is 1. The number of para-hydroxylation sites is 1. The molecule has 2 rings (SSSR count). The van der Waals surface area contributed by atoms with Crippen LogP contribution in [0.25, 0.3) is 0 Å². The fraction of sp³-hybridized carbons (Fsp3) is 0.588. The lowest BCUT2D eigenvalue weighted by Crippen LogP contribution is -2.23. The second-order valence-electron chi connectivity index (χ2n) is 4.61. The van der Waals surface area contributed by atoms with Crippen molar-refractivity contribution in [2.75, 3.05) is 33.2 Å². The monoisotopic (exact) mass is 344 g/mol. The standard InChI is InChI=1S/C9H16O6.C6H6O.C2H6/c1-7(10)14-3-8(11)2-12-6-13-4-9-5-15-9;7-6-4-2-1-3-5-6;1-2/h8-9,11H,2-6H2,1H3;1-5,7H;1-2H3. The van der Waals surface area contributed by atoms with Gasteiger partial charge in [-0.1, -0.05) is 32.0 Å². The van der Waals surface area contributed by atoms with Crippen molar-refractivity contribution in [2.45, 2.75) is 33.0 Å². The van der Waals surface area contributed by atoms with Gasteiger partial charge in [-0.05, 0) is 12.1 Å². The number of epoxide rings is 1. The smallest absolute Gasteiger partial charge is 0.302 e. The third kappa shape index (κ3) is 15.2. The molecule has 0 aliphatic carbocycles. The number of carbonyl (C=O) groups is 1. The van der Waals surface area contributed by atoms with Crippen LogP contribution in [-0.4, -0.2) is 61.6 Å². The Bertz CT molecular complexity index is 407. The molecule has 0 saturated carbocycles. The van der Waals surface area contributed by atoms with Gasteiger partial charge in [-0.3, -0.25) is 4.79 Å². The molecule has 7 nitrogen and oxygen atoms in total. The molecule has 1 fully saturated rings. The third-order valence-electron chi connectivity index (χ3n) is 2.42. The number of phenols is 1. The first-order valence-corrected chi connectivity index (χ1v) is 7.90. The molecule has 1 aliphatic rings. The fourth-order valence-electron chi connectivity index (χ4n) is 1.28. The second kappa shape index (κ2) is 14.9. The molecule has 1 aromatic rings. The molecule has 1 aliphatic heterocycles. The van der Waals surface area contributed by atoms with Gasteiger partial charge in [-0.2, -0.15) is 0 Å². The number of hydrogen-bond acceptors (Lipinski definition) is 7. The normalized spacial score (nSPS) is 15.9. The molecule has 1 aromatic carbocycles. The van der Waals surface area contributed by atoms with Crippen LogP contribution < -0.4 is 0 Å². The lowest BCUT2D eigenvalue weighted by atomic mass is 10.3. The van der Waals surface area contributed by atoms with Crippen molar-refractivity contribution >= 4 is 5.97 Å². The van der Waals surface area contributed by atoms with Gasteiger partial charge in [0.15, 0.2) is 0 Å². The summed E-state index contributed by atoms with van der Waals surface area (Å²) >= 11 is 0. The van der Waals surface area contributed by atoms with Gasteiger partial charge in [-0.25, -0.2) is 0 Å². The van der Waals surface area contributed by atoms with E-state index in [-0.39, 0.29) is 26.1 Å². The van der Waals surface area contributed by atoms with E-state index in [1.165, 1.54) is 6.92 Å². The Morgan fingerprint density at radius 2 is 1.88 bits per heavy atom. The largest absolute Gasteiger partial charge is 0.508 e. The minimum absolute atomic E-state index is 0.0545. The van der Waals surface area contributed by atoms with Gasteiger partial charge in [0.25, 0.3) is 0 Å². The molecule has 0 amide bonds. The Balaban J connectivity index is 0.000000488. The van der Waals surface area contributed by atoms with Crippen LogP contribution in [0.15, 0.2) is 30.3 Å². The molecule has 1 saturated heterocycles. The van der Waals surface area contributed by atoms with E-state index in [4.69, 9.17) is 19.3 Å². The number of phenolic OH excluding ortho intramolecular Hbond substituents is 1. The maximum absolute atomic E-state index is 10.4. The second-order valence-corrected chi connectivity index (χ2v) is 4.61. The first-order valence-electron chi connectivity index (χ1n) is 7.90. The van der Waals surface area contributed by atoms with Crippen LogP contribution in [0.5, 0.6) is 5.75 Å². The Hall–Kier alpha value is -1.67. The summed E-state index contributed by atoms with van der Waals surface area (Å²) in [5.74, 6) is -0.0984. The highest BCUT2D eigenvalue weighted by molar-refractivity contribution is 5.65. The van der Waals surface area contributed by atoms with E-state index in [9.17, 15) is 9.90 Å². The summed E-state index contributed by atoms with van der Waals surface area (Å²) in [7, 11) is 0. The number of aliphatic hydroxyl groups is 1. The molecule has 2 N–H and O–H groups in total. The van der Waals surface area contributed by atoms with Crippen molar-refractivity contribution in [3.05, 3.63) is 30.3 Å². The highest BCUT2D eigenvalue weighted by atomic mass is 16.7. The zero-order valence-corrected chi connectivity index (χ0v) is 14.5. The highest BCUT2D eigenvalue weighted by Gasteiger charge is 2.22. The third-order valence-corrected chi connectivity index (χ3v) is 2.42. The molecule has 2 atom stereocenters. The van der Waals surface area contributed by atoms with Gasteiger partial charge in [0.2, 0.25) is 0 Å². The first-order chi connectivity index (χ1) is 11.6. The van der Waals surface area contributed by atoms with Gasteiger partial charge in [-0.15, -0.1) is 0 Å². The molecule has 24 heavy (non-hydrogen) atoms. The summed E-state index contributed by atoms with van der Waals surface area (Å²) in [5, 5.41) is 17.9. The predicted octanol–water partition coefficient (Wildman–Crippen LogP) is 1.72. The Kier molecular flexibility index (Phi) is 13.9. The van der Waals surface area contributed by atoms with Crippen LogP contribution in [0.4, 0.5) is 0 Å². The number of ether oxygens (including phenoxy) is 4.